The van der Waals surface area contributed by atoms with Gasteiger partial charge in [-0.2, -0.15) is 5.26 Å². The van der Waals surface area contributed by atoms with E-state index in [1.165, 1.54) is 12.8 Å². The summed E-state index contributed by atoms with van der Waals surface area (Å²) < 4.78 is 7.73. The van der Waals surface area contributed by atoms with E-state index < -0.39 is 0 Å². The molecule has 5 nitrogen and oxygen atoms in total. The first-order valence-corrected chi connectivity index (χ1v) is 8.18. The number of unbranched alkanes of at least 4 members (excludes halogenated alkanes) is 3. The Bertz CT molecular complexity index is 685. The lowest BCUT2D eigenvalue weighted by molar-refractivity contribution is 0.288. The first kappa shape index (κ1) is 17.0. The van der Waals surface area contributed by atoms with E-state index in [-0.39, 0.29) is 0 Å². The van der Waals surface area contributed by atoms with Gasteiger partial charge in [0.25, 0.3) is 0 Å². The van der Waals surface area contributed by atoms with Crippen LogP contribution in [0.2, 0.25) is 0 Å². The zero-order valence-electron chi connectivity index (χ0n) is 14.2. The largest absolute Gasteiger partial charge is 0.487 e. The van der Waals surface area contributed by atoms with Crippen molar-refractivity contribution in [2.24, 2.45) is 0 Å². The first-order valence-electron chi connectivity index (χ1n) is 8.18. The van der Waals surface area contributed by atoms with Crippen molar-refractivity contribution in [1.29, 1.82) is 5.26 Å². The SMILES string of the molecule is CCCCCCn1nnc(C#N)c1COc1cc(C)ccc1C. The van der Waals surface area contributed by atoms with Gasteiger partial charge in [0.05, 0.1) is 0 Å². The molecule has 0 radical (unpaired) electrons. The van der Waals surface area contributed by atoms with Crippen molar-refractivity contribution in [2.45, 2.75) is 59.6 Å². The topological polar surface area (TPSA) is 63.7 Å². The Hall–Kier alpha value is -2.35. The van der Waals surface area contributed by atoms with Crippen LogP contribution in [-0.4, -0.2) is 15.0 Å². The molecular formula is C18H24N4O. The van der Waals surface area contributed by atoms with Crippen LogP contribution < -0.4 is 4.74 Å². The number of nitrogens with zero attached hydrogens (tertiary/aromatic N) is 4. The lowest BCUT2D eigenvalue weighted by atomic mass is 10.1. The molecule has 0 bridgehead atoms. The van der Waals surface area contributed by atoms with Crippen LogP contribution in [0.25, 0.3) is 0 Å². The van der Waals surface area contributed by atoms with Crippen LogP contribution in [0.4, 0.5) is 0 Å². The zero-order valence-corrected chi connectivity index (χ0v) is 14.2. The van der Waals surface area contributed by atoms with Gasteiger partial charge in [-0.15, -0.1) is 5.10 Å². The van der Waals surface area contributed by atoms with E-state index >= 15 is 0 Å². The van der Waals surface area contributed by atoms with Gasteiger partial charge in [-0.3, -0.25) is 0 Å². The maximum atomic E-state index is 9.22. The van der Waals surface area contributed by atoms with Gasteiger partial charge in [0, 0.05) is 6.54 Å². The Morgan fingerprint density at radius 3 is 2.78 bits per heavy atom. The fraction of sp³-hybridized carbons (Fsp3) is 0.500. The molecule has 5 heteroatoms. The zero-order chi connectivity index (χ0) is 16.7. The van der Waals surface area contributed by atoms with Gasteiger partial charge in [-0.05, 0) is 37.5 Å². The van der Waals surface area contributed by atoms with Crippen molar-refractivity contribution in [3.8, 4) is 11.8 Å². The average Bonchev–Trinajstić information content (AvgIpc) is 2.94. The maximum Gasteiger partial charge on any atom is 0.189 e. The highest BCUT2D eigenvalue weighted by molar-refractivity contribution is 5.36. The molecular weight excluding hydrogens is 288 g/mol. The van der Waals surface area contributed by atoms with Crippen molar-refractivity contribution in [3.63, 3.8) is 0 Å². The van der Waals surface area contributed by atoms with Crippen molar-refractivity contribution >= 4 is 0 Å². The molecule has 0 aliphatic heterocycles. The fourth-order valence-electron chi connectivity index (χ4n) is 2.44. The molecule has 0 atom stereocenters. The van der Waals surface area contributed by atoms with Gasteiger partial charge in [0.2, 0.25) is 0 Å². The summed E-state index contributed by atoms with van der Waals surface area (Å²) in [5.74, 6) is 0.840. The Balaban J connectivity index is 2.07. The molecule has 23 heavy (non-hydrogen) atoms. The van der Waals surface area contributed by atoms with E-state index in [4.69, 9.17) is 4.74 Å². The van der Waals surface area contributed by atoms with Crippen LogP contribution in [0.15, 0.2) is 18.2 Å². The van der Waals surface area contributed by atoms with Gasteiger partial charge in [0.1, 0.15) is 24.1 Å². The van der Waals surface area contributed by atoms with Crippen LogP contribution in [0.3, 0.4) is 0 Å². The molecule has 0 saturated heterocycles. The maximum absolute atomic E-state index is 9.22. The molecule has 0 aliphatic rings. The van der Waals surface area contributed by atoms with Gasteiger partial charge in [0.15, 0.2) is 5.69 Å². The molecule has 0 aliphatic carbocycles. The number of hydrogen-bond donors (Lipinski definition) is 0. The third-order valence-electron chi connectivity index (χ3n) is 3.88. The van der Waals surface area contributed by atoms with Crippen LogP contribution in [0.5, 0.6) is 5.75 Å². The molecule has 1 heterocycles. The predicted molar refractivity (Wildman–Crippen MR) is 89.1 cm³/mol. The molecule has 0 N–H and O–H groups in total. The number of benzene rings is 1. The van der Waals surface area contributed by atoms with Gasteiger partial charge < -0.3 is 4.74 Å². The van der Waals surface area contributed by atoms with Gasteiger partial charge in [-0.1, -0.05) is 43.5 Å². The summed E-state index contributed by atoms with van der Waals surface area (Å²) in [4.78, 5) is 0. The second-order valence-corrected chi connectivity index (χ2v) is 5.84. The molecule has 0 saturated carbocycles. The minimum Gasteiger partial charge on any atom is -0.487 e. The van der Waals surface area contributed by atoms with E-state index in [2.05, 4.69) is 29.4 Å². The molecule has 2 rings (SSSR count). The second-order valence-electron chi connectivity index (χ2n) is 5.84. The molecule has 0 amide bonds. The average molecular weight is 312 g/mol. The fourth-order valence-corrected chi connectivity index (χ4v) is 2.44. The molecule has 1 aromatic carbocycles. The lowest BCUT2D eigenvalue weighted by Crippen LogP contribution is -2.09. The Kier molecular flexibility index (Phi) is 6.16. The highest BCUT2D eigenvalue weighted by atomic mass is 16.5. The summed E-state index contributed by atoms with van der Waals surface area (Å²) in [5, 5.41) is 17.3. The molecule has 0 unspecified atom stereocenters. The van der Waals surface area contributed by atoms with E-state index in [9.17, 15) is 5.26 Å². The number of nitriles is 1. The number of aromatic nitrogens is 3. The Labute approximate surface area is 137 Å². The minimum absolute atomic E-state index is 0.313. The predicted octanol–water partition coefficient (Wildman–Crippen LogP) is 3.93. The summed E-state index contributed by atoms with van der Waals surface area (Å²) in [6.07, 6.45) is 4.62. The number of rotatable bonds is 8. The van der Waals surface area contributed by atoms with Gasteiger partial charge >= 0.3 is 0 Å². The van der Waals surface area contributed by atoms with Crippen molar-refractivity contribution in [1.82, 2.24) is 15.0 Å². The number of ether oxygens (including phenoxy) is 1. The van der Waals surface area contributed by atoms with E-state index in [0.717, 1.165) is 42.0 Å². The number of hydrogen-bond acceptors (Lipinski definition) is 4. The monoisotopic (exact) mass is 312 g/mol. The summed E-state index contributed by atoms with van der Waals surface area (Å²) in [5.41, 5.74) is 3.34. The Morgan fingerprint density at radius 1 is 1.22 bits per heavy atom. The summed E-state index contributed by atoms with van der Waals surface area (Å²) in [6.45, 7) is 7.33. The van der Waals surface area contributed by atoms with Crippen molar-refractivity contribution < 1.29 is 4.74 Å². The quantitative estimate of drug-likeness (QED) is 0.693. The normalized spacial score (nSPS) is 10.5. The lowest BCUT2D eigenvalue weighted by Gasteiger charge is -2.11. The second kappa shape index (κ2) is 8.33. The third-order valence-corrected chi connectivity index (χ3v) is 3.88. The Morgan fingerprint density at radius 2 is 2.04 bits per heavy atom. The van der Waals surface area contributed by atoms with Crippen molar-refractivity contribution in [2.75, 3.05) is 0 Å². The first-order chi connectivity index (χ1) is 11.2. The van der Waals surface area contributed by atoms with Crippen LogP contribution >= 0.6 is 0 Å². The molecule has 122 valence electrons. The summed E-state index contributed by atoms with van der Waals surface area (Å²) in [6, 6.07) is 8.21. The number of aryl methyl sites for hydroxylation is 3. The molecule has 1 aromatic heterocycles. The highest BCUT2D eigenvalue weighted by Crippen LogP contribution is 2.21. The van der Waals surface area contributed by atoms with E-state index in [1.54, 1.807) is 4.68 Å². The summed E-state index contributed by atoms with van der Waals surface area (Å²) >= 11 is 0. The van der Waals surface area contributed by atoms with Crippen LogP contribution in [0, 0.1) is 25.2 Å². The van der Waals surface area contributed by atoms with E-state index in [1.807, 2.05) is 26.0 Å². The molecule has 0 fully saturated rings. The van der Waals surface area contributed by atoms with Gasteiger partial charge in [-0.25, -0.2) is 4.68 Å². The van der Waals surface area contributed by atoms with E-state index in [0.29, 0.717) is 12.3 Å². The molecule has 0 spiro atoms. The third kappa shape index (κ3) is 4.56. The van der Waals surface area contributed by atoms with Crippen LogP contribution in [0.1, 0.15) is 55.1 Å². The van der Waals surface area contributed by atoms with Crippen molar-refractivity contribution in [3.05, 3.63) is 40.7 Å². The standard InChI is InChI=1S/C18H24N4O/c1-4-5-6-7-10-22-17(16(12-19)20-21-22)13-23-18-11-14(2)8-9-15(18)3/h8-9,11H,4-7,10,13H2,1-3H3. The summed E-state index contributed by atoms with van der Waals surface area (Å²) in [7, 11) is 0. The smallest absolute Gasteiger partial charge is 0.189 e. The van der Waals surface area contributed by atoms with Crippen LogP contribution in [-0.2, 0) is 13.2 Å². The molecule has 2 aromatic rings. The minimum atomic E-state index is 0.313. The highest BCUT2D eigenvalue weighted by Gasteiger charge is 2.13.